The normalized spacial score (nSPS) is 15.2. The molecule has 0 aromatic heterocycles. The van der Waals surface area contributed by atoms with Gasteiger partial charge < -0.3 is 25.0 Å². The smallest absolute Gasteiger partial charge is 0.222 e. The molecule has 0 aromatic carbocycles. The van der Waals surface area contributed by atoms with E-state index in [1.54, 1.807) is 7.11 Å². The second kappa shape index (κ2) is 14.0. The van der Waals surface area contributed by atoms with Crippen molar-refractivity contribution < 1.29 is 14.3 Å². The standard InChI is InChI=1S/C17H34N4O3/c1-3-18-17(19-9-4-5-13-24-15-14-23-2)20-10-7-12-21-11-6-8-16(21)22/h3-15H2,1-2H3,(H2,18,19,20). The van der Waals surface area contributed by atoms with Crippen LogP contribution in [0, 0.1) is 0 Å². The number of likely N-dealkylation sites (tertiary alicyclic amines) is 1. The Kier molecular flexibility index (Phi) is 12.1. The van der Waals surface area contributed by atoms with Crippen molar-refractivity contribution >= 4 is 11.9 Å². The van der Waals surface area contributed by atoms with Crippen molar-refractivity contribution in [3.63, 3.8) is 0 Å². The van der Waals surface area contributed by atoms with Gasteiger partial charge in [0.2, 0.25) is 5.91 Å². The zero-order valence-corrected chi connectivity index (χ0v) is 15.3. The lowest BCUT2D eigenvalue weighted by atomic mass is 10.3. The predicted octanol–water partition coefficient (Wildman–Crippen LogP) is 0.997. The van der Waals surface area contributed by atoms with E-state index in [1.165, 1.54) is 0 Å². The first-order chi connectivity index (χ1) is 11.8. The molecule has 7 nitrogen and oxygen atoms in total. The molecule has 2 N–H and O–H groups in total. The van der Waals surface area contributed by atoms with Crippen LogP contribution in [0.1, 0.15) is 39.0 Å². The maximum Gasteiger partial charge on any atom is 0.222 e. The van der Waals surface area contributed by atoms with E-state index in [4.69, 9.17) is 9.47 Å². The van der Waals surface area contributed by atoms with Gasteiger partial charge in [0.15, 0.2) is 5.96 Å². The molecule has 1 saturated heterocycles. The summed E-state index contributed by atoms with van der Waals surface area (Å²) in [4.78, 5) is 18.0. The summed E-state index contributed by atoms with van der Waals surface area (Å²) in [6.07, 6.45) is 4.69. The van der Waals surface area contributed by atoms with Gasteiger partial charge in [-0.15, -0.1) is 0 Å². The lowest BCUT2D eigenvalue weighted by molar-refractivity contribution is -0.127. The van der Waals surface area contributed by atoms with E-state index in [1.807, 2.05) is 4.90 Å². The first-order valence-electron chi connectivity index (χ1n) is 9.14. The van der Waals surface area contributed by atoms with Crippen molar-refractivity contribution in [1.29, 1.82) is 0 Å². The lowest BCUT2D eigenvalue weighted by Crippen LogP contribution is -2.38. The van der Waals surface area contributed by atoms with Crippen LogP contribution in [0.25, 0.3) is 0 Å². The van der Waals surface area contributed by atoms with Crippen LogP contribution in [0.5, 0.6) is 0 Å². The molecular weight excluding hydrogens is 308 g/mol. The highest BCUT2D eigenvalue weighted by Crippen LogP contribution is 2.09. The minimum atomic E-state index is 0.289. The summed E-state index contributed by atoms with van der Waals surface area (Å²) in [6.45, 7) is 8.33. The first-order valence-corrected chi connectivity index (χ1v) is 9.14. The van der Waals surface area contributed by atoms with Crippen LogP contribution in [0.15, 0.2) is 4.99 Å². The Labute approximate surface area is 146 Å². The number of hydrogen-bond acceptors (Lipinski definition) is 4. The van der Waals surface area contributed by atoms with E-state index in [0.717, 1.165) is 71.0 Å². The number of aliphatic imine (C=N–C) groups is 1. The summed E-state index contributed by atoms with van der Waals surface area (Å²) in [6, 6.07) is 0. The Bertz CT molecular complexity index is 364. The molecule has 0 aromatic rings. The average molecular weight is 342 g/mol. The molecular formula is C17H34N4O3. The largest absolute Gasteiger partial charge is 0.382 e. The van der Waals surface area contributed by atoms with Crippen LogP contribution in [0.2, 0.25) is 0 Å². The minimum absolute atomic E-state index is 0.289. The molecule has 0 spiro atoms. The minimum Gasteiger partial charge on any atom is -0.382 e. The van der Waals surface area contributed by atoms with Gasteiger partial charge in [-0.3, -0.25) is 9.79 Å². The van der Waals surface area contributed by atoms with Crippen molar-refractivity contribution in [2.45, 2.75) is 39.0 Å². The molecule has 1 heterocycles. The van der Waals surface area contributed by atoms with Gasteiger partial charge in [-0.2, -0.15) is 0 Å². The number of nitrogens with zero attached hydrogens (tertiary/aromatic N) is 2. The molecule has 0 bridgehead atoms. The van der Waals surface area contributed by atoms with E-state index in [-0.39, 0.29) is 5.91 Å². The van der Waals surface area contributed by atoms with Gasteiger partial charge >= 0.3 is 0 Å². The van der Waals surface area contributed by atoms with Gasteiger partial charge in [0.05, 0.1) is 13.2 Å². The molecule has 1 aliphatic rings. The third-order valence-corrected chi connectivity index (χ3v) is 3.81. The lowest BCUT2D eigenvalue weighted by Gasteiger charge is -2.15. The molecule has 0 radical (unpaired) electrons. The van der Waals surface area contributed by atoms with Crippen molar-refractivity contribution in [3.8, 4) is 0 Å². The zero-order valence-electron chi connectivity index (χ0n) is 15.3. The average Bonchev–Trinajstić information content (AvgIpc) is 2.99. The number of unbranched alkanes of at least 4 members (excludes halogenated alkanes) is 1. The summed E-state index contributed by atoms with van der Waals surface area (Å²) in [5.74, 6) is 1.14. The third-order valence-electron chi connectivity index (χ3n) is 3.81. The number of nitrogens with one attached hydrogen (secondary N) is 2. The molecule has 0 atom stereocenters. The Morgan fingerprint density at radius 1 is 1.21 bits per heavy atom. The van der Waals surface area contributed by atoms with Crippen molar-refractivity contribution in [1.82, 2.24) is 15.5 Å². The molecule has 1 rings (SSSR count). The van der Waals surface area contributed by atoms with Crippen LogP contribution < -0.4 is 10.6 Å². The van der Waals surface area contributed by atoms with Gasteiger partial charge in [-0.1, -0.05) is 0 Å². The number of carbonyl (C=O) groups is 1. The van der Waals surface area contributed by atoms with Gasteiger partial charge in [0.25, 0.3) is 0 Å². The highest BCUT2D eigenvalue weighted by atomic mass is 16.5. The fraction of sp³-hybridized carbons (Fsp3) is 0.882. The van der Waals surface area contributed by atoms with Crippen LogP contribution in [-0.2, 0) is 14.3 Å². The third kappa shape index (κ3) is 9.72. The van der Waals surface area contributed by atoms with Crippen LogP contribution in [0.4, 0.5) is 0 Å². The maximum absolute atomic E-state index is 11.5. The number of rotatable bonds is 13. The van der Waals surface area contributed by atoms with E-state index in [2.05, 4.69) is 22.5 Å². The second-order valence-electron chi connectivity index (χ2n) is 5.84. The molecule has 1 fully saturated rings. The highest BCUT2D eigenvalue weighted by Gasteiger charge is 2.18. The molecule has 1 aliphatic heterocycles. The summed E-state index contributed by atoms with van der Waals surface area (Å²) in [5, 5.41) is 6.59. The summed E-state index contributed by atoms with van der Waals surface area (Å²) in [5.41, 5.74) is 0. The fourth-order valence-corrected chi connectivity index (χ4v) is 2.51. The van der Waals surface area contributed by atoms with E-state index in [0.29, 0.717) is 19.6 Å². The zero-order chi connectivity index (χ0) is 17.5. The van der Waals surface area contributed by atoms with Crippen LogP contribution in [0.3, 0.4) is 0 Å². The molecule has 24 heavy (non-hydrogen) atoms. The first kappa shape index (κ1) is 20.7. The van der Waals surface area contributed by atoms with E-state index in [9.17, 15) is 4.79 Å². The summed E-state index contributed by atoms with van der Waals surface area (Å²) < 4.78 is 10.4. The Balaban J connectivity index is 2.07. The highest BCUT2D eigenvalue weighted by molar-refractivity contribution is 5.79. The Morgan fingerprint density at radius 3 is 2.79 bits per heavy atom. The van der Waals surface area contributed by atoms with E-state index >= 15 is 0 Å². The number of amides is 1. The van der Waals surface area contributed by atoms with Crippen LogP contribution in [-0.4, -0.2) is 76.4 Å². The predicted molar refractivity (Wildman–Crippen MR) is 96.3 cm³/mol. The molecule has 0 aliphatic carbocycles. The number of methoxy groups -OCH3 is 1. The van der Waals surface area contributed by atoms with E-state index < -0.39 is 0 Å². The number of hydrogen-bond donors (Lipinski definition) is 2. The SMILES string of the molecule is CCNC(=NCCCN1CCCC1=O)NCCCCOCCOC. The van der Waals surface area contributed by atoms with Crippen molar-refractivity contribution in [2.75, 3.05) is 59.7 Å². The molecule has 1 amide bonds. The number of guanidine groups is 1. The molecule has 140 valence electrons. The van der Waals surface area contributed by atoms with Crippen LogP contribution >= 0.6 is 0 Å². The maximum atomic E-state index is 11.5. The quantitative estimate of drug-likeness (QED) is 0.297. The Hall–Kier alpha value is -1.34. The van der Waals surface area contributed by atoms with Crippen molar-refractivity contribution in [2.24, 2.45) is 4.99 Å². The van der Waals surface area contributed by atoms with Gasteiger partial charge in [0.1, 0.15) is 0 Å². The van der Waals surface area contributed by atoms with Gasteiger partial charge in [-0.25, -0.2) is 0 Å². The van der Waals surface area contributed by atoms with Gasteiger partial charge in [0, 0.05) is 52.9 Å². The molecule has 7 heteroatoms. The van der Waals surface area contributed by atoms with Gasteiger partial charge in [-0.05, 0) is 32.6 Å². The number of ether oxygens (including phenoxy) is 2. The Morgan fingerprint density at radius 2 is 2.08 bits per heavy atom. The van der Waals surface area contributed by atoms with Crippen molar-refractivity contribution in [3.05, 3.63) is 0 Å². The summed E-state index contributed by atoms with van der Waals surface area (Å²) >= 11 is 0. The second-order valence-corrected chi connectivity index (χ2v) is 5.84. The summed E-state index contributed by atoms with van der Waals surface area (Å²) in [7, 11) is 1.68. The molecule has 0 saturated carbocycles. The monoisotopic (exact) mass is 342 g/mol. The molecule has 0 unspecified atom stereocenters. The topological polar surface area (TPSA) is 75.2 Å². The number of carbonyl (C=O) groups excluding carboxylic acids is 1. The fourth-order valence-electron chi connectivity index (χ4n) is 2.51.